The lowest BCUT2D eigenvalue weighted by atomic mass is 10.2. The van der Waals surface area contributed by atoms with E-state index in [4.69, 9.17) is 11.6 Å². The molecule has 0 saturated carbocycles. The molecule has 1 aromatic heterocycles. The summed E-state index contributed by atoms with van der Waals surface area (Å²) >= 11 is 6.02. The first kappa shape index (κ1) is 16.6. The third kappa shape index (κ3) is 3.33. The van der Waals surface area contributed by atoms with Crippen molar-refractivity contribution in [3.63, 3.8) is 0 Å². The number of non-ortho nitro benzene ring substituents is 1. The number of para-hydroxylation sites is 1. The van der Waals surface area contributed by atoms with E-state index in [9.17, 15) is 14.9 Å². The molecule has 3 aromatic rings. The van der Waals surface area contributed by atoms with Gasteiger partial charge in [0.15, 0.2) is 5.69 Å². The van der Waals surface area contributed by atoms with Crippen molar-refractivity contribution in [1.29, 1.82) is 0 Å². The Bertz CT molecular complexity index is 970. The average molecular weight is 358 g/mol. The van der Waals surface area contributed by atoms with E-state index in [0.717, 1.165) is 0 Å². The number of aromatic nitrogens is 3. The molecule has 0 aliphatic heterocycles. The van der Waals surface area contributed by atoms with Gasteiger partial charge in [0.1, 0.15) is 0 Å². The molecule has 0 bridgehead atoms. The Labute approximate surface area is 147 Å². The maximum absolute atomic E-state index is 12.4. The number of carbonyl (C=O) groups is 1. The van der Waals surface area contributed by atoms with E-state index in [1.54, 1.807) is 37.3 Å². The number of nitro groups is 1. The van der Waals surface area contributed by atoms with Crippen LogP contribution in [0.15, 0.2) is 48.5 Å². The lowest BCUT2D eigenvalue weighted by molar-refractivity contribution is -0.384. The lowest BCUT2D eigenvalue weighted by Gasteiger charge is -2.06. The molecule has 0 spiro atoms. The Morgan fingerprint density at radius 2 is 2.00 bits per heavy atom. The number of carbonyl (C=O) groups excluding carboxylic acids is 1. The number of nitro benzene ring substituents is 1. The van der Waals surface area contributed by atoms with Crippen LogP contribution in [0.25, 0.3) is 5.69 Å². The second-order valence-electron chi connectivity index (χ2n) is 5.15. The predicted molar refractivity (Wildman–Crippen MR) is 92.2 cm³/mol. The van der Waals surface area contributed by atoms with Gasteiger partial charge < -0.3 is 5.32 Å². The molecule has 0 aliphatic rings. The highest BCUT2D eigenvalue weighted by Crippen LogP contribution is 2.22. The zero-order valence-electron chi connectivity index (χ0n) is 13.0. The van der Waals surface area contributed by atoms with Crippen LogP contribution in [-0.4, -0.2) is 25.8 Å². The van der Waals surface area contributed by atoms with Crippen LogP contribution in [0.5, 0.6) is 0 Å². The van der Waals surface area contributed by atoms with Gasteiger partial charge >= 0.3 is 0 Å². The van der Waals surface area contributed by atoms with Gasteiger partial charge in [-0.25, -0.2) is 4.68 Å². The number of nitrogens with one attached hydrogen (secondary N) is 1. The van der Waals surface area contributed by atoms with Crippen LogP contribution in [0.1, 0.15) is 16.2 Å². The lowest BCUT2D eigenvalue weighted by Crippen LogP contribution is -2.14. The van der Waals surface area contributed by atoms with Gasteiger partial charge in [0.25, 0.3) is 11.6 Å². The molecule has 1 amide bonds. The normalized spacial score (nSPS) is 10.5. The molecule has 0 aliphatic carbocycles. The molecule has 0 atom stereocenters. The fourth-order valence-corrected chi connectivity index (χ4v) is 2.45. The summed E-state index contributed by atoms with van der Waals surface area (Å²) in [5, 5.41) is 21.8. The topological polar surface area (TPSA) is 103 Å². The number of hydrogen-bond donors (Lipinski definition) is 1. The first-order valence-electron chi connectivity index (χ1n) is 7.20. The second-order valence-corrected chi connectivity index (χ2v) is 5.55. The molecule has 8 nitrogen and oxygen atoms in total. The molecule has 9 heteroatoms. The maximum Gasteiger partial charge on any atom is 0.278 e. The van der Waals surface area contributed by atoms with Gasteiger partial charge in [0.05, 0.1) is 27.0 Å². The zero-order chi connectivity index (χ0) is 18.0. The standard InChI is InChI=1S/C16H12ClN5O3/c1-10-15(16(23)18-14-8-3-2-7-13(14)17)19-20-21(10)11-5-4-6-12(9-11)22(24)25/h2-9H,1H3,(H,18,23). The quantitative estimate of drug-likeness (QED) is 0.569. The highest BCUT2D eigenvalue weighted by molar-refractivity contribution is 6.33. The zero-order valence-corrected chi connectivity index (χ0v) is 13.8. The van der Waals surface area contributed by atoms with E-state index < -0.39 is 10.8 Å². The summed E-state index contributed by atoms with van der Waals surface area (Å²) in [5.74, 6) is -0.470. The first-order valence-corrected chi connectivity index (χ1v) is 7.58. The van der Waals surface area contributed by atoms with Crippen LogP contribution in [0.3, 0.4) is 0 Å². The van der Waals surface area contributed by atoms with Gasteiger partial charge in [0, 0.05) is 12.1 Å². The van der Waals surface area contributed by atoms with Crippen molar-refractivity contribution in [2.45, 2.75) is 6.92 Å². The number of anilines is 1. The van der Waals surface area contributed by atoms with Crippen molar-refractivity contribution in [3.05, 3.63) is 75.1 Å². The van der Waals surface area contributed by atoms with E-state index in [1.807, 2.05) is 0 Å². The Balaban J connectivity index is 1.91. The third-order valence-electron chi connectivity index (χ3n) is 3.52. The Kier molecular flexibility index (Phi) is 4.44. The SMILES string of the molecule is Cc1c(C(=O)Nc2ccccc2Cl)nnn1-c1cccc([N+](=O)[O-])c1. The predicted octanol–water partition coefficient (Wildman–Crippen LogP) is 3.39. The molecule has 1 heterocycles. The summed E-state index contributed by atoms with van der Waals surface area (Å²) in [6, 6.07) is 12.7. The summed E-state index contributed by atoms with van der Waals surface area (Å²) in [6.45, 7) is 1.65. The van der Waals surface area contributed by atoms with Gasteiger partial charge in [-0.3, -0.25) is 14.9 Å². The fourth-order valence-electron chi connectivity index (χ4n) is 2.27. The third-order valence-corrected chi connectivity index (χ3v) is 3.85. The molecule has 25 heavy (non-hydrogen) atoms. The van der Waals surface area contributed by atoms with E-state index in [-0.39, 0.29) is 11.4 Å². The van der Waals surface area contributed by atoms with Crippen molar-refractivity contribution in [1.82, 2.24) is 15.0 Å². The molecule has 0 fully saturated rings. The van der Waals surface area contributed by atoms with Gasteiger partial charge in [-0.1, -0.05) is 35.0 Å². The largest absolute Gasteiger partial charge is 0.319 e. The van der Waals surface area contributed by atoms with Crippen LogP contribution in [0.4, 0.5) is 11.4 Å². The molecular weight excluding hydrogens is 346 g/mol. The Hall–Kier alpha value is -3.26. The van der Waals surface area contributed by atoms with Crippen molar-refractivity contribution < 1.29 is 9.72 Å². The molecular formula is C16H12ClN5O3. The average Bonchev–Trinajstić information content (AvgIpc) is 2.98. The first-order chi connectivity index (χ1) is 12.0. The van der Waals surface area contributed by atoms with E-state index in [2.05, 4.69) is 15.6 Å². The minimum atomic E-state index is -0.499. The van der Waals surface area contributed by atoms with E-state index in [0.29, 0.717) is 22.1 Å². The molecule has 0 unspecified atom stereocenters. The summed E-state index contributed by atoms with van der Waals surface area (Å²) < 4.78 is 1.37. The molecule has 0 radical (unpaired) electrons. The van der Waals surface area contributed by atoms with Crippen molar-refractivity contribution in [2.75, 3.05) is 5.32 Å². The van der Waals surface area contributed by atoms with Gasteiger partial charge in [-0.15, -0.1) is 5.10 Å². The number of hydrogen-bond acceptors (Lipinski definition) is 5. The summed E-state index contributed by atoms with van der Waals surface area (Å²) in [7, 11) is 0. The van der Waals surface area contributed by atoms with Gasteiger partial charge in [-0.05, 0) is 25.1 Å². The number of amides is 1. The summed E-state index contributed by atoms with van der Waals surface area (Å²) in [6.07, 6.45) is 0. The number of nitrogens with zero attached hydrogens (tertiary/aromatic N) is 4. The van der Waals surface area contributed by atoms with Gasteiger partial charge in [0.2, 0.25) is 0 Å². The fraction of sp³-hybridized carbons (Fsp3) is 0.0625. The molecule has 2 aromatic carbocycles. The molecule has 3 rings (SSSR count). The number of benzene rings is 2. The minimum Gasteiger partial charge on any atom is -0.319 e. The number of rotatable bonds is 4. The summed E-state index contributed by atoms with van der Waals surface area (Å²) in [4.78, 5) is 22.8. The van der Waals surface area contributed by atoms with Crippen LogP contribution in [0, 0.1) is 17.0 Å². The molecule has 126 valence electrons. The molecule has 0 saturated heterocycles. The molecule has 1 N–H and O–H groups in total. The van der Waals surface area contributed by atoms with Crippen molar-refractivity contribution in [3.8, 4) is 5.69 Å². The van der Waals surface area contributed by atoms with Crippen molar-refractivity contribution >= 4 is 28.9 Å². The highest BCUT2D eigenvalue weighted by Gasteiger charge is 2.19. The minimum absolute atomic E-state index is 0.0746. The number of halogens is 1. The van der Waals surface area contributed by atoms with E-state index >= 15 is 0 Å². The second kappa shape index (κ2) is 6.70. The van der Waals surface area contributed by atoms with Gasteiger partial charge in [-0.2, -0.15) is 0 Å². The highest BCUT2D eigenvalue weighted by atomic mass is 35.5. The monoisotopic (exact) mass is 357 g/mol. The maximum atomic E-state index is 12.4. The van der Waals surface area contributed by atoms with Crippen LogP contribution in [0.2, 0.25) is 5.02 Å². The summed E-state index contributed by atoms with van der Waals surface area (Å²) in [5.41, 5.74) is 1.38. The Morgan fingerprint density at radius 1 is 1.24 bits per heavy atom. The smallest absolute Gasteiger partial charge is 0.278 e. The van der Waals surface area contributed by atoms with E-state index in [1.165, 1.54) is 22.9 Å². The van der Waals surface area contributed by atoms with Crippen LogP contribution >= 0.6 is 11.6 Å². The van der Waals surface area contributed by atoms with Crippen molar-refractivity contribution in [2.24, 2.45) is 0 Å². The van der Waals surface area contributed by atoms with Crippen LogP contribution < -0.4 is 5.32 Å². The van der Waals surface area contributed by atoms with Crippen LogP contribution in [-0.2, 0) is 0 Å². The Morgan fingerprint density at radius 3 is 2.72 bits per heavy atom.